The molecule has 6 nitrogen and oxygen atoms in total. The predicted octanol–water partition coefficient (Wildman–Crippen LogP) is 1.65. The highest BCUT2D eigenvalue weighted by Crippen LogP contribution is 2.36. The summed E-state index contributed by atoms with van der Waals surface area (Å²) in [6.07, 6.45) is 5.01. The Kier molecular flexibility index (Phi) is 4.88. The van der Waals surface area contributed by atoms with Crippen LogP contribution in [0.5, 0.6) is 5.75 Å². The van der Waals surface area contributed by atoms with Gasteiger partial charge in [0.1, 0.15) is 11.8 Å². The van der Waals surface area contributed by atoms with Crippen molar-refractivity contribution in [1.82, 2.24) is 10.2 Å². The van der Waals surface area contributed by atoms with Gasteiger partial charge in [0.2, 0.25) is 17.7 Å². The van der Waals surface area contributed by atoms with Crippen LogP contribution in [0.1, 0.15) is 25.3 Å². The van der Waals surface area contributed by atoms with Gasteiger partial charge in [0.15, 0.2) is 0 Å². The predicted molar refractivity (Wildman–Crippen MR) is 91.5 cm³/mol. The number of benzene rings is 1. The lowest BCUT2D eigenvalue weighted by Crippen LogP contribution is -2.48. The van der Waals surface area contributed by atoms with E-state index in [9.17, 15) is 14.4 Å². The number of amides is 3. The summed E-state index contributed by atoms with van der Waals surface area (Å²) >= 11 is 0. The second-order valence-electron chi connectivity index (χ2n) is 6.41. The molecule has 132 valence electrons. The zero-order valence-electron chi connectivity index (χ0n) is 14.4. The molecule has 0 saturated carbocycles. The maximum Gasteiger partial charge on any atom is 0.243 e. The van der Waals surface area contributed by atoms with Crippen molar-refractivity contribution in [2.75, 3.05) is 7.11 Å². The number of carbonyl (C=O) groups excluding carboxylic acids is 3. The molecule has 3 atom stereocenters. The molecule has 1 aliphatic carbocycles. The van der Waals surface area contributed by atoms with E-state index in [2.05, 4.69) is 5.32 Å². The van der Waals surface area contributed by atoms with Gasteiger partial charge < -0.3 is 10.1 Å². The third-order valence-electron chi connectivity index (χ3n) is 4.95. The number of nitrogens with zero attached hydrogens (tertiary/aromatic N) is 1. The first-order valence-corrected chi connectivity index (χ1v) is 8.46. The number of likely N-dealkylation sites (tertiary alicyclic amines) is 1. The van der Waals surface area contributed by atoms with Gasteiger partial charge in [-0.25, -0.2) is 0 Å². The van der Waals surface area contributed by atoms with Crippen molar-refractivity contribution in [1.29, 1.82) is 0 Å². The molecule has 1 N–H and O–H groups in total. The van der Waals surface area contributed by atoms with Gasteiger partial charge in [-0.1, -0.05) is 30.4 Å². The van der Waals surface area contributed by atoms with Crippen LogP contribution in [0, 0.1) is 11.8 Å². The monoisotopic (exact) mass is 342 g/mol. The highest BCUT2D eigenvalue weighted by Gasteiger charge is 2.50. The molecule has 1 aliphatic heterocycles. The molecule has 1 aromatic rings. The van der Waals surface area contributed by atoms with E-state index in [4.69, 9.17) is 4.74 Å². The topological polar surface area (TPSA) is 75.7 Å². The Morgan fingerprint density at radius 1 is 1.20 bits per heavy atom. The largest absolute Gasteiger partial charge is 0.496 e. The molecule has 2 aliphatic rings. The van der Waals surface area contributed by atoms with Crippen LogP contribution in [0.25, 0.3) is 0 Å². The fraction of sp³-hybridized carbons (Fsp3) is 0.421. The van der Waals surface area contributed by atoms with E-state index >= 15 is 0 Å². The molecular formula is C19H22N2O4. The summed E-state index contributed by atoms with van der Waals surface area (Å²) in [5, 5.41) is 2.79. The first-order valence-electron chi connectivity index (χ1n) is 8.46. The lowest BCUT2D eigenvalue weighted by Gasteiger charge is -2.22. The molecule has 0 bridgehead atoms. The van der Waals surface area contributed by atoms with Gasteiger partial charge in [0.25, 0.3) is 0 Å². The van der Waals surface area contributed by atoms with Crippen LogP contribution in [0.2, 0.25) is 0 Å². The van der Waals surface area contributed by atoms with Gasteiger partial charge >= 0.3 is 0 Å². The number of allylic oxidation sites excluding steroid dienone is 2. The van der Waals surface area contributed by atoms with E-state index in [1.807, 2.05) is 36.4 Å². The summed E-state index contributed by atoms with van der Waals surface area (Å²) in [4.78, 5) is 38.7. The van der Waals surface area contributed by atoms with Gasteiger partial charge in [-0.05, 0) is 25.8 Å². The Hall–Kier alpha value is -2.63. The van der Waals surface area contributed by atoms with Gasteiger partial charge in [0.05, 0.1) is 18.9 Å². The SMILES string of the molecule is COc1ccccc1CNC(=O)[C@H](C)N1C(=O)[C@H]2CC=CC[C@@H]2C1=O. The van der Waals surface area contributed by atoms with Crippen LogP contribution in [-0.2, 0) is 20.9 Å². The average Bonchev–Trinajstić information content (AvgIpc) is 2.90. The smallest absolute Gasteiger partial charge is 0.243 e. The first-order chi connectivity index (χ1) is 12.0. The maximum atomic E-state index is 12.5. The van der Waals surface area contributed by atoms with Crippen molar-refractivity contribution in [3.8, 4) is 5.75 Å². The standard InChI is InChI=1S/C19H22N2O4/c1-12(17(22)20-11-13-7-3-6-10-16(13)25-2)21-18(23)14-8-4-5-9-15(14)19(21)24/h3-7,10,12,14-15H,8-9,11H2,1-2H3,(H,20,22)/t12-,14-,15-/m0/s1. The Morgan fingerprint density at radius 2 is 1.80 bits per heavy atom. The number of imide groups is 1. The summed E-state index contributed by atoms with van der Waals surface area (Å²) < 4.78 is 5.26. The molecule has 25 heavy (non-hydrogen) atoms. The summed E-state index contributed by atoms with van der Waals surface area (Å²) in [5.41, 5.74) is 0.836. The van der Waals surface area contributed by atoms with Crippen molar-refractivity contribution in [2.45, 2.75) is 32.4 Å². The minimum absolute atomic E-state index is 0.237. The van der Waals surface area contributed by atoms with E-state index in [-0.39, 0.29) is 36.1 Å². The molecule has 0 spiro atoms. The summed E-state index contributed by atoms with van der Waals surface area (Å²) in [5.74, 6) is -0.775. The van der Waals surface area contributed by atoms with Crippen LogP contribution >= 0.6 is 0 Å². The quantitative estimate of drug-likeness (QED) is 0.652. The minimum atomic E-state index is -0.819. The average molecular weight is 342 g/mol. The Bertz CT molecular complexity index is 702. The van der Waals surface area contributed by atoms with E-state index in [0.717, 1.165) is 10.5 Å². The first kappa shape index (κ1) is 17.2. The fourth-order valence-electron chi connectivity index (χ4n) is 3.50. The van der Waals surface area contributed by atoms with Crippen LogP contribution in [0.4, 0.5) is 0 Å². The summed E-state index contributed by atoms with van der Waals surface area (Å²) in [7, 11) is 1.57. The Morgan fingerprint density at radius 3 is 2.40 bits per heavy atom. The van der Waals surface area contributed by atoms with Crippen molar-refractivity contribution in [3.05, 3.63) is 42.0 Å². The second-order valence-corrected chi connectivity index (χ2v) is 6.41. The van der Waals surface area contributed by atoms with Crippen LogP contribution in [0.15, 0.2) is 36.4 Å². The number of rotatable bonds is 5. The van der Waals surface area contributed by atoms with E-state index < -0.39 is 6.04 Å². The highest BCUT2D eigenvalue weighted by atomic mass is 16.5. The lowest BCUT2D eigenvalue weighted by atomic mass is 9.85. The van der Waals surface area contributed by atoms with E-state index in [1.165, 1.54) is 0 Å². The van der Waals surface area contributed by atoms with Crippen molar-refractivity contribution in [3.63, 3.8) is 0 Å². The zero-order valence-corrected chi connectivity index (χ0v) is 14.4. The normalized spacial score (nSPS) is 23.4. The number of methoxy groups -OCH3 is 1. The number of hydrogen-bond donors (Lipinski definition) is 1. The van der Waals surface area contributed by atoms with Crippen LogP contribution < -0.4 is 10.1 Å². The van der Waals surface area contributed by atoms with Gasteiger partial charge in [-0.2, -0.15) is 0 Å². The van der Waals surface area contributed by atoms with Gasteiger partial charge in [-0.15, -0.1) is 0 Å². The summed E-state index contributed by atoms with van der Waals surface area (Å²) in [6, 6.07) is 6.56. The number of nitrogens with one attached hydrogen (secondary N) is 1. The Labute approximate surface area is 146 Å². The fourth-order valence-corrected chi connectivity index (χ4v) is 3.50. The number of fused-ring (bicyclic) bond motifs is 1. The maximum absolute atomic E-state index is 12.5. The molecule has 1 aromatic carbocycles. The Balaban J connectivity index is 1.66. The number of carbonyl (C=O) groups is 3. The number of hydrogen-bond acceptors (Lipinski definition) is 4. The number of para-hydroxylation sites is 1. The van der Waals surface area contributed by atoms with Crippen LogP contribution in [0.3, 0.4) is 0 Å². The van der Waals surface area contributed by atoms with E-state index in [0.29, 0.717) is 18.6 Å². The summed E-state index contributed by atoms with van der Waals surface area (Å²) in [6.45, 7) is 1.87. The van der Waals surface area contributed by atoms with Crippen molar-refractivity contribution in [2.24, 2.45) is 11.8 Å². The molecule has 0 aromatic heterocycles. The lowest BCUT2D eigenvalue weighted by molar-refractivity contribution is -0.147. The second kappa shape index (κ2) is 7.09. The zero-order chi connectivity index (χ0) is 18.0. The third kappa shape index (κ3) is 3.16. The molecule has 1 fully saturated rings. The highest BCUT2D eigenvalue weighted by molar-refractivity contribution is 6.08. The molecular weight excluding hydrogens is 320 g/mol. The van der Waals surface area contributed by atoms with Crippen molar-refractivity contribution < 1.29 is 19.1 Å². The van der Waals surface area contributed by atoms with Crippen molar-refractivity contribution >= 4 is 17.7 Å². The molecule has 0 unspecified atom stereocenters. The van der Waals surface area contributed by atoms with Crippen LogP contribution in [-0.4, -0.2) is 35.8 Å². The molecule has 1 heterocycles. The third-order valence-corrected chi connectivity index (χ3v) is 4.95. The molecule has 3 amide bonds. The van der Waals surface area contributed by atoms with E-state index in [1.54, 1.807) is 14.0 Å². The molecule has 1 saturated heterocycles. The van der Waals surface area contributed by atoms with Gasteiger partial charge in [0, 0.05) is 12.1 Å². The molecule has 6 heteroatoms. The van der Waals surface area contributed by atoms with Gasteiger partial charge in [-0.3, -0.25) is 19.3 Å². The number of ether oxygens (including phenoxy) is 1. The molecule has 3 rings (SSSR count). The minimum Gasteiger partial charge on any atom is -0.496 e. The molecule has 0 radical (unpaired) electrons.